The van der Waals surface area contributed by atoms with Gasteiger partial charge in [-0.1, -0.05) is 42.5 Å². The third-order valence-electron chi connectivity index (χ3n) is 5.62. The Hall–Kier alpha value is -3.85. The molecule has 2 heterocycles. The second-order valence-electron chi connectivity index (χ2n) is 7.89. The molecule has 0 spiro atoms. The Labute approximate surface area is 198 Å². The van der Waals surface area contributed by atoms with Gasteiger partial charge in [-0.05, 0) is 30.2 Å². The van der Waals surface area contributed by atoms with Crippen LogP contribution in [0.15, 0.2) is 60.9 Å². The van der Waals surface area contributed by atoms with Gasteiger partial charge in [0.1, 0.15) is 30.0 Å². The molecule has 1 aromatic heterocycles. The summed E-state index contributed by atoms with van der Waals surface area (Å²) in [5.74, 6) is 1.38. The first kappa shape index (κ1) is 23.3. The van der Waals surface area contributed by atoms with Gasteiger partial charge in [0, 0.05) is 25.9 Å². The number of rotatable bonds is 7. The van der Waals surface area contributed by atoms with E-state index >= 15 is 0 Å². The van der Waals surface area contributed by atoms with E-state index in [9.17, 15) is 9.90 Å². The van der Waals surface area contributed by atoms with Gasteiger partial charge in [0.15, 0.2) is 5.82 Å². The van der Waals surface area contributed by atoms with Crippen molar-refractivity contribution in [2.24, 2.45) is 0 Å². The monoisotopic (exact) mass is 464 g/mol. The molecule has 0 amide bonds. The predicted molar refractivity (Wildman–Crippen MR) is 127 cm³/mol. The lowest BCUT2D eigenvalue weighted by molar-refractivity contribution is 0.0183. The number of hydrogen-bond donors (Lipinski definition) is 2. The van der Waals surface area contributed by atoms with E-state index in [1.54, 1.807) is 31.2 Å². The molecular formula is C25H28N4O5. The lowest BCUT2D eigenvalue weighted by atomic mass is 10.0. The highest BCUT2D eigenvalue weighted by Crippen LogP contribution is 2.33. The number of benzene rings is 2. The minimum absolute atomic E-state index is 0.196. The summed E-state index contributed by atoms with van der Waals surface area (Å²) in [6.45, 7) is 3.27. The Balaban J connectivity index is 1.39. The van der Waals surface area contributed by atoms with Gasteiger partial charge in [-0.25, -0.2) is 9.78 Å². The first-order chi connectivity index (χ1) is 16.5. The first-order valence-electron chi connectivity index (χ1n) is 11.2. The maximum Gasteiger partial charge on any atom is 0.508 e. The van der Waals surface area contributed by atoms with Crippen molar-refractivity contribution >= 4 is 17.7 Å². The van der Waals surface area contributed by atoms with Crippen molar-refractivity contribution in [3.8, 4) is 11.6 Å². The average Bonchev–Trinajstić information content (AvgIpc) is 2.87. The fourth-order valence-corrected chi connectivity index (χ4v) is 3.84. The van der Waals surface area contributed by atoms with Crippen LogP contribution in [0.3, 0.4) is 0 Å². The number of aromatic nitrogens is 2. The van der Waals surface area contributed by atoms with E-state index in [-0.39, 0.29) is 18.6 Å². The number of piperidine rings is 1. The number of aliphatic hydroxyl groups excluding tert-OH is 1. The molecule has 9 heteroatoms. The molecule has 2 aromatic carbocycles. The molecule has 4 rings (SSSR count). The van der Waals surface area contributed by atoms with Crippen LogP contribution >= 0.6 is 0 Å². The van der Waals surface area contributed by atoms with Gasteiger partial charge in [0.2, 0.25) is 5.88 Å². The molecule has 0 radical (unpaired) electrons. The van der Waals surface area contributed by atoms with Crippen LogP contribution in [0.2, 0.25) is 0 Å². The minimum atomic E-state index is -0.721. The van der Waals surface area contributed by atoms with Gasteiger partial charge >= 0.3 is 6.16 Å². The molecule has 0 saturated carbocycles. The number of carbonyl (C=O) groups is 1. The number of nitrogen functional groups attached to an aromatic ring is 1. The van der Waals surface area contributed by atoms with Gasteiger partial charge in [-0.2, -0.15) is 4.98 Å². The van der Waals surface area contributed by atoms with Crippen LogP contribution in [0.1, 0.15) is 37.0 Å². The van der Waals surface area contributed by atoms with Crippen molar-refractivity contribution in [1.82, 2.24) is 9.97 Å². The quantitative estimate of drug-likeness (QED) is 0.498. The van der Waals surface area contributed by atoms with E-state index in [4.69, 9.17) is 19.9 Å². The van der Waals surface area contributed by atoms with Crippen molar-refractivity contribution in [3.63, 3.8) is 0 Å². The third kappa shape index (κ3) is 5.55. The molecular weight excluding hydrogens is 436 g/mol. The van der Waals surface area contributed by atoms with E-state index in [0.29, 0.717) is 43.2 Å². The number of carbonyl (C=O) groups excluding carboxylic acids is 1. The standard InChI is InChI=1S/C25H28N4O5/c1-2-32-25(31)34-20-12-14-29(15-13-20)23-21(26)24(28-16-27-23)33-19-10-8-18(9-11-19)22(30)17-6-4-3-5-7-17/h3-11,16,20,22,30H,2,12-15,26H2,1H3. The zero-order valence-corrected chi connectivity index (χ0v) is 19.0. The molecule has 1 fully saturated rings. The summed E-state index contributed by atoms with van der Waals surface area (Å²) in [5, 5.41) is 10.6. The summed E-state index contributed by atoms with van der Waals surface area (Å²) in [6, 6.07) is 16.6. The van der Waals surface area contributed by atoms with Crippen LogP contribution < -0.4 is 15.4 Å². The Kier molecular flexibility index (Phi) is 7.44. The number of aliphatic hydroxyl groups is 1. The average molecular weight is 465 g/mol. The molecule has 1 aliphatic heterocycles. The topological polar surface area (TPSA) is 120 Å². The molecule has 178 valence electrons. The van der Waals surface area contributed by atoms with Crippen molar-refractivity contribution in [3.05, 3.63) is 72.1 Å². The highest BCUT2D eigenvalue weighted by molar-refractivity contribution is 5.68. The fourth-order valence-electron chi connectivity index (χ4n) is 3.84. The summed E-state index contributed by atoms with van der Waals surface area (Å²) in [7, 11) is 0. The SMILES string of the molecule is CCOC(=O)OC1CCN(c2ncnc(Oc3ccc(C(O)c4ccccc4)cc3)c2N)CC1. The maximum absolute atomic E-state index is 11.5. The molecule has 1 aliphatic rings. The number of ether oxygens (including phenoxy) is 3. The van der Waals surface area contributed by atoms with Crippen molar-refractivity contribution in [2.45, 2.75) is 32.0 Å². The Morgan fingerprint density at radius 2 is 1.76 bits per heavy atom. The number of hydrogen-bond acceptors (Lipinski definition) is 9. The molecule has 0 bridgehead atoms. The smallest absolute Gasteiger partial charge is 0.437 e. The normalized spacial score (nSPS) is 14.9. The van der Waals surface area contributed by atoms with Crippen LogP contribution in [0.4, 0.5) is 16.3 Å². The molecule has 0 aliphatic carbocycles. The fraction of sp³-hybridized carbons (Fsp3) is 0.320. The maximum atomic E-state index is 11.5. The summed E-state index contributed by atoms with van der Waals surface area (Å²) in [4.78, 5) is 22.1. The number of anilines is 2. The summed E-state index contributed by atoms with van der Waals surface area (Å²) in [5.41, 5.74) is 8.24. The lowest BCUT2D eigenvalue weighted by Gasteiger charge is -2.32. The van der Waals surface area contributed by atoms with Crippen LogP contribution in [-0.4, -0.2) is 47.0 Å². The molecule has 1 saturated heterocycles. The Bertz CT molecular complexity index is 1090. The molecule has 1 atom stereocenters. The number of nitrogens with zero attached hydrogens (tertiary/aromatic N) is 3. The Morgan fingerprint density at radius 1 is 1.09 bits per heavy atom. The van der Waals surface area contributed by atoms with Crippen molar-refractivity contribution in [1.29, 1.82) is 0 Å². The second kappa shape index (κ2) is 10.8. The van der Waals surface area contributed by atoms with E-state index in [1.807, 2.05) is 35.2 Å². The summed E-state index contributed by atoms with van der Waals surface area (Å²) < 4.78 is 16.1. The summed E-state index contributed by atoms with van der Waals surface area (Å²) in [6.07, 6.45) is 1.14. The van der Waals surface area contributed by atoms with Gasteiger partial charge in [0.25, 0.3) is 0 Å². The van der Waals surface area contributed by atoms with E-state index in [2.05, 4.69) is 9.97 Å². The third-order valence-corrected chi connectivity index (χ3v) is 5.62. The van der Waals surface area contributed by atoms with Crippen LogP contribution in [0, 0.1) is 0 Å². The van der Waals surface area contributed by atoms with Gasteiger partial charge in [-0.3, -0.25) is 0 Å². The lowest BCUT2D eigenvalue weighted by Crippen LogP contribution is -2.38. The van der Waals surface area contributed by atoms with Gasteiger partial charge < -0.3 is 30.0 Å². The van der Waals surface area contributed by atoms with Gasteiger partial charge in [-0.15, -0.1) is 0 Å². The molecule has 34 heavy (non-hydrogen) atoms. The van der Waals surface area contributed by atoms with Crippen LogP contribution in [0.25, 0.3) is 0 Å². The molecule has 1 unspecified atom stereocenters. The zero-order valence-electron chi connectivity index (χ0n) is 19.0. The van der Waals surface area contributed by atoms with E-state index < -0.39 is 12.3 Å². The second-order valence-corrected chi connectivity index (χ2v) is 7.89. The highest BCUT2D eigenvalue weighted by Gasteiger charge is 2.26. The van der Waals surface area contributed by atoms with Crippen LogP contribution in [-0.2, 0) is 9.47 Å². The molecule has 3 aromatic rings. The summed E-state index contributed by atoms with van der Waals surface area (Å²) >= 11 is 0. The zero-order chi connectivity index (χ0) is 23.9. The first-order valence-corrected chi connectivity index (χ1v) is 11.2. The van der Waals surface area contributed by atoms with Gasteiger partial charge in [0.05, 0.1) is 6.61 Å². The molecule has 3 N–H and O–H groups in total. The largest absolute Gasteiger partial charge is 0.508 e. The van der Waals surface area contributed by atoms with Crippen molar-refractivity contribution < 1.29 is 24.1 Å². The highest BCUT2D eigenvalue weighted by atomic mass is 16.7. The number of nitrogens with two attached hydrogens (primary N) is 1. The van der Waals surface area contributed by atoms with Crippen LogP contribution in [0.5, 0.6) is 11.6 Å². The minimum Gasteiger partial charge on any atom is -0.437 e. The Morgan fingerprint density at radius 3 is 2.44 bits per heavy atom. The van der Waals surface area contributed by atoms with E-state index in [1.165, 1.54) is 6.33 Å². The molecule has 9 nitrogen and oxygen atoms in total. The predicted octanol–water partition coefficient (Wildman–Crippen LogP) is 4.07. The van der Waals surface area contributed by atoms with Crippen molar-refractivity contribution in [2.75, 3.05) is 30.3 Å². The van der Waals surface area contributed by atoms with E-state index in [0.717, 1.165) is 11.1 Å².